The minimum atomic E-state index is -5.05. The van der Waals surface area contributed by atoms with E-state index in [4.69, 9.17) is 16.3 Å². The van der Waals surface area contributed by atoms with Crippen LogP contribution in [0.4, 0.5) is 31.1 Å². The van der Waals surface area contributed by atoms with Crippen LogP contribution in [0.15, 0.2) is 42.5 Å². The van der Waals surface area contributed by atoms with Gasteiger partial charge in [-0.2, -0.15) is 26.3 Å². The molecule has 2 aromatic carbocycles. The van der Waals surface area contributed by atoms with E-state index in [1.54, 1.807) is 34.1 Å². The van der Waals surface area contributed by atoms with Gasteiger partial charge in [0.15, 0.2) is 0 Å². The summed E-state index contributed by atoms with van der Waals surface area (Å²) in [5.74, 6) is -1.07. The third-order valence-corrected chi connectivity index (χ3v) is 8.05. The molecule has 4 rings (SSSR count). The van der Waals surface area contributed by atoms with E-state index in [9.17, 15) is 35.9 Å². The Morgan fingerprint density at radius 2 is 1.37 bits per heavy atom. The molecule has 6 nitrogen and oxygen atoms in total. The van der Waals surface area contributed by atoms with Gasteiger partial charge < -0.3 is 19.4 Å². The van der Waals surface area contributed by atoms with E-state index in [0.717, 1.165) is 5.56 Å². The highest BCUT2D eigenvalue weighted by atomic mass is 35.5. The maximum atomic E-state index is 13.9. The van der Waals surface area contributed by atoms with Crippen LogP contribution in [0.5, 0.6) is 0 Å². The molecule has 1 unspecified atom stereocenters. The molecule has 0 saturated carbocycles. The van der Waals surface area contributed by atoms with Crippen molar-refractivity contribution in [3.63, 3.8) is 0 Å². The van der Waals surface area contributed by atoms with Gasteiger partial charge in [-0.1, -0.05) is 23.7 Å². The molecule has 41 heavy (non-hydrogen) atoms. The second-order valence-electron chi connectivity index (χ2n) is 10.8. The summed E-state index contributed by atoms with van der Waals surface area (Å²) in [6.45, 7) is 4.57. The van der Waals surface area contributed by atoms with E-state index in [2.05, 4.69) is 0 Å². The molecule has 13 heteroatoms. The first-order chi connectivity index (χ1) is 19.0. The second kappa shape index (κ2) is 11.4. The summed E-state index contributed by atoms with van der Waals surface area (Å²) in [5.41, 5.74) is -4.38. The van der Waals surface area contributed by atoms with Gasteiger partial charge in [0.05, 0.1) is 35.8 Å². The smallest absolute Gasteiger partial charge is 0.378 e. The SMILES string of the molecule is CN(C(=O)C(C)(C)c1cc(C(F)(F)F)cc(C(F)(F)F)c1)C1CN(C(=O)N2CCOCC2)C[C@H]1c1ccc(Cl)cc1. The van der Waals surface area contributed by atoms with Crippen molar-refractivity contribution in [2.24, 2.45) is 0 Å². The molecule has 2 fully saturated rings. The summed E-state index contributed by atoms with van der Waals surface area (Å²) in [5, 5.41) is 0.486. The van der Waals surface area contributed by atoms with Crippen LogP contribution < -0.4 is 0 Å². The molecule has 3 amide bonds. The number of nitrogens with zero attached hydrogens (tertiary/aromatic N) is 3. The zero-order chi connectivity index (χ0) is 30.3. The third kappa shape index (κ3) is 6.58. The minimum absolute atomic E-state index is 0.0381. The maximum absolute atomic E-state index is 13.9. The molecule has 2 aliphatic heterocycles. The van der Waals surface area contributed by atoms with Crippen molar-refractivity contribution in [1.29, 1.82) is 0 Å². The van der Waals surface area contributed by atoms with Crippen molar-refractivity contribution in [3.8, 4) is 0 Å². The lowest BCUT2D eigenvalue weighted by Crippen LogP contribution is -2.50. The number of likely N-dealkylation sites (N-methyl/N-ethyl adjacent to an activating group) is 1. The lowest BCUT2D eigenvalue weighted by atomic mass is 9.80. The molecule has 0 bridgehead atoms. The van der Waals surface area contributed by atoms with Gasteiger partial charge in [-0.15, -0.1) is 0 Å². The Kier molecular flexibility index (Phi) is 8.57. The largest absolute Gasteiger partial charge is 0.416 e. The van der Waals surface area contributed by atoms with Crippen molar-refractivity contribution in [1.82, 2.24) is 14.7 Å². The quantitative estimate of drug-likeness (QED) is 0.400. The average Bonchev–Trinajstić information content (AvgIpc) is 3.37. The second-order valence-corrected chi connectivity index (χ2v) is 11.3. The van der Waals surface area contributed by atoms with Gasteiger partial charge in [0, 0.05) is 44.2 Å². The first-order valence-corrected chi connectivity index (χ1v) is 13.3. The lowest BCUT2D eigenvalue weighted by Gasteiger charge is -2.36. The van der Waals surface area contributed by atoms with Crippen LogP contribution in [-0.2, 0) is 27.3 Å². The predicted octanol–water partition coefficient (Wildman–Crippen LogP) is 6.03. The molecule has 0 aliphatic carbocycles. The van der Waals surface area contributed by atoms with Crippen molar-refractivity contribution in [3.05, 3.63) is 69.7 Å². The number of morpholine rings is 1. The van der Waals surface area contributed by atoms with E-state index in [1.165, 1.54) is 25.8 Å². The Labute approximate surface area is 238 Å². The molecule has 0 N–H and O–H groups in total. The van der Waals surface area contributed by atoms with E-state index >= 15 is 0 Å². The first-order valence-electron chi connectivity index (χ1n) is 12.9. The highest BCUT2D eigenvalue weighted by Crippen LogP contribution is 2.40. The van der Waals surface area contributed by atoms with Crippen LogP contribution in [-0.4, -0.2) is 79.1 Å². The van der Waals surface area contributed by atoms with E-state index in [1.807, 2.05) is 0 Å². The fourth-order valence-corrected chi connectivity index (χ4v) is 5.48. The van der Waals surface area contributed by atoms with E-state index < -0.39 is 46.4 Å². The summed E-state index contributed by atoms with van der Waals surface area (Å²) in [6, 6.07) is 7.25. The number of hydrogen-bond acceptors (Lipinski definition) is 3. The Morgan fingerprint density at radius 1 is 0.854 bits per heavy atom. The maximum Gasteiger partial charge on any atom is 0.416 e. The number of rotatable bonds is 4. The summed E-state index contributed by atoms with van der Waals surface area (Å²) in [6.07, 6.45) is -10.1. The topological polar surface area (TPSA) is 53.1 Å². The van der Waals surface area contributed by atoms with E-state index in [-0.39, 0.29) is 31.1 Å². The van der Waals surface area contributed by atoms with Crippen LogP contribution in [0.2, 0.25) is 5.02 Å². The molecule has 224 valence electrons. The number of halogens is 7. The predicted molar refractivity (Wildman–Crippen MR) is 140 cm³/mol. The van der Waals surface area contributed by atoms with Crippen LogP contribution in [0.3, 0.4) is 0 Å². The van der Waals surface area contributed by atoms with E-state index in [0.29, 0.717) is 43.5 Å². The third-order valence-electron chi connectivity index (χ3n) is 7.80. The Morgan fingerprint density at radius 3 is 1.88 bits per heavy atom. The van der Waals surface area contributed by atoms with Gasteiger partial charge in [0.2, 0.25) is 5.91 Å². The summed E-state index contributed by atoms with van der Waals surface area (Å²) < 4.78 is 86.6. The number of likely N-dealkylation sites (tertiary alicyclic amines) is 1. The number of urea groups is 1. The molecular formula is C28H30ClF6N3O3. The summed E-state index contributed by atoms with van der Waals surface area (Å²) in [7, 11) is 1.46. The highest BCUT2D eigenvalue weighted by molar-refractivity contribution is 6.30. The van der Waals surface area contributed by atoms with Gasteiger partial charge in [-0.25, -0.2) is 4.79 Å². The number of hydrogen-bond donors (Lipinski definition) is 0. The zero-order valence-corrected chi connectivity index (χ0v) is 23.4. The molecule has 0 radical (unpaired) electrons. The Bertz CT molecular complexity index is 1240. The molecule has 2 heterocycles. The molecule has 0 spiro atoms. The molecule has 2 aliphatic rings. The zero-order valence-electron chi connectivity index (χ0n) is 22.7. The van der Waals surface area contributed by atoms with Gasteiger partial charge >= 0.3 is 18.4 Å². The van der Waals surface area contributed by atoms with Crippen molar-refractivity contribution in [2.45, 2.75) is 43.6 Å². The number of benzene rings is 2. The average molecular weight is 606 g/mol. The highest BCUT2D eigenvalue weighted by Gasteiger charge is 2.46. The van der Waals surface area contributed by atoms with Crippen molar-refractivity contribution < 1.29 is 40.7 Å². The van der Waals surface area contributed by atoms with Gasteiger partial charge in [0.1, 0.15) is 0 Å². The van der Waals surface area contributed by atoms with Crippen LogP contribution >= 0.6 is 11.6 Å². The Balaban J connectivity index is 1.68. The number of carbonyl (C=O) groups excluding carboxylic acids is 2. The monoisotopic (exact) mass is 605 g/mol. The normalized spacial score (nSPS) is 20.3. The number of amides is 3. The first kappa shape index (κ1) is 31.0. The van der Waals surface area contributed by atoms with Gasteiger partial charge in [-0.05, 0) is 55.3 Å². The summed E-state index contributed by atoms with van der Waals surface area (Å²) in [4.78, 5) is 31.8. The van der Waals surface area contributed by atoms with Crippen molar-refractivity contribution >= 4 is 23.5 Å². The molecule has 2 atom stereocenters. The molecular weight excluding hydrogens is 576 g/mol. The number of carbonyl (C=O) groups is 2. The van der Waals surface area contributed by atoms with Gasteiger partial charge in [0.25, 0.3) is 0 Å². The van der Waals surface area contributed by atoms with Crippen molar-refractivity contribution in [2.75, 3.05) is 46.4 Å². The molecule has 2 aromatic rings. The molecule has 0 aromatic heterocycles. The standard InChI is InChI=1S/C28H30ClF6N3O3/c1-26(2,18-12-19(27(30,31)32)14-20(13-18)28(33,34)35)24(39)36(3)23-16-38(25(40)37-8-10-41-11-9-37)15-22(23)17-4-6-21(29)7-5-17/h4-7,12-14,22-23H,8-11,15-16H2,1-3H3/t22-,23?/m0/s1. The Hall–Kier alpha value is -2.99. The number of ether oxygens (including phenoxy) is 1. The fraction of sp³-hybridized carbons (Fsp3) is 0.500. The molecule has 2 saturated heterocycles. The fourth-order valence-electron chi connectivity index (χ4n) is 5.36. The minimum Gasteiger partial charge on any atom is -0.378 e. The van der Waals surface area contributed by atoms with Crippen LogP contribution in [0.1, 0.15) is 42.0 Å². The number of alkyl halides is 6. The van der Waals surface area contributed by atoms with Crippen LogP contribution in [0.25, 0.3) is 0 Å². The van der Waals surface area contributed by atoms with Gasteiger partial charge in [-0.3, -0.25) is 4.79 Å². The van der Waals surface area contributed by atoms with Crippen LogP contribution in [0, 0.1) is 0 Å². The lowest BCUT2D eigenvalue weighted by molar-refractivity contribution is -0.144. The summed E-state index contributed by atoms with van der Waals surface area (Å²) >= 11 is 6.06.